The Kier molecular flexibility index (Phi) is 5.03. The minimum absolute atomic E-state index is 0.00574. The lowest BCUT2D eigenvalue weighted by Gasteiger charge is -2.06. The topological polar surface area (TPSA) is 84.2 Å². The van der Waals surface area contributed by atoms with Crippen LogP contribution in [0.3, 0.4) is 0 Å². The van der Waals surface area contributed by atoms with Gasteiger partial charge in [-0.1, -0.05) is 0 Å². The number of carbonyl (C=O) groups is 2. The van der Waals surface area contributed by atoms with Crippen molar-refractivity contribution < 1.29 is 9.59 Å². The Hall–Kier alpha value is -1.10. The minimum atomic E-state index is -0.570. The van der Waals surface area contributed by atoms with E-state index in [9.17, 15) is 9.59 Å². The fourth-order valence-electron chi connectivity index (χ4n) is 0.588. The second kappa shape index (κ2) is 5.54. The largest absolute Gasteiger partial charge is 0.355 e. The molecule has 0 radical (unpaired) electrons. The van der Waals surface area contributed by atoms with Crippen molar-refractivity contribution in [2.24, 2.45) is 5.73 Å². The van der Waals surface area contributed by atoms with Crippen LogP contribution in [-0.2, 0) is 9.59 Å². The third kappa shape index (κ3) is 4.68. The van der Waals surface area contributed by atoms with Gasteiger partial charge in [0.15, 0.2) is 0 Å². The van der Waals surface area contributed by atoms with E-state index in [1.807, 2.05) is 6.92 Å². The average molecular weight is 173 g/mol. The molecule has 1 unspecified atom stereocenters. The van der Waals surface area contributed by atoms with E-state index in [4.69, 9.17) is 5.73 Å². The van der Waals surface area contributed by atoms with Crippen molar-refractivity contribution in [1.82, 2.24) is 10.6 Å². The first-order chi connectivity index (χ1) is 5.57. The summed E-state index contributed by atoms with van der Waals surface area (Å²) >= 11 is 0. The molecule has 0 aliphatic heterocycles. The van der Waals surface area contributed by atoms with Crippen molar-refractivity contribution >= 4 is 11.8 Å². The van der Waals surface area contributed by atoms with E-state index in [1.165, 1.54) is 0 Å². The van der Waals surface area contributed by atoms with Crippen molar-refractivity contribution in [2.75, 3.05) is 13.1 Å². The zero-order chi connectivity index (χ0) is 9.56. The van der Waals surface area contributed by atoms with E-state index in [1.54, 1.807) is 6.92 Å². The molecule has 0 aromatic carbocycles. The van der Waals surface area contributed by atoms with E-state index in [-0.39, 0.29) is 18.4 Å². The van der Waals surface area contributed by atoms with Crippen LogP contribution >= 0.6 is 0 Å². The van der Waals surface area contributed by atoms with Gasteiger partial charge in [0.25, 0.3) is 0 Å². The van der Waals surface area contributed by atoms with Crippen molar-refractivity contribution in [2.45, 2.75) is 19.9 Å². The normalized spacial score (nSPS) is 11.9. The van der Waals surface area contributed by atoms with E-state index < -0.39 is 6.04 Å². The Morgan fingerprint density at radius 3 is 2.42 bits per heavy atom. The summed E-state index contributed by atoms with van der Waals surface area (Å²) in [5.74, 6) is -0.521. The summed E-state index contributed by atoms with van der Waals surface area (Å²) in [6.07, 6.45) is 0. The Labute approximate surface area is 71.7 Å². The molecule has 0 aromatic rings. The number of likely N-dealkylation sites (N-methyl/N-ethyl adjacent to an activating group) is 1. The Morgan fingerprint density at radius 1 is 1.42 bits per heavy atom. The van der Waals surface area contributed by atoms with Gasteiger partial charge in [-0.15, -0.1) is 0 Å². The maximum atomic E-state index is 10.8. The highest BCUT2D eigenvalue weighted by Gasteiger charge is 2.07. The summed E-state index contributed by atoms with van der Waals surface area (Å²) in [5, 5.41) is 4.94. The lowest BCUT2D eigenvalue weighted by molar-refractivity contribution is -0.126. The highest BCUT2D eigenvalue weighted by Crippen LogP contribution is 1.73. The first-order valence-electron chi connectivity index (χ1n) is 3.88. The summed E-state index contributed by atoms with van der Waals surface area (Å²) < 4.78 is 0. The van der Waals surface area contributed by atoms with Crippen LogP contribution in [0.5, 0.6) is 0 Å². The molecule has 0 spiro atoms. The maximum absolute atomic E-state index is 10.8. The highest BCUT2D eigenvalue weighted by molar-refractivity contribution is 5.86. The van der Waals surface area contributed by atoms with Crippen LogP contribution in [0, 0.1) is 0 Å². The molecule has 1 atom stereocenters. The standard InChI is InChI=1S/C7H15N3O2/c1-3-9-6(11)4-10-7(12)5(2)8/h5H,3-4,8H2,1-2H3,(H,9,11)(H,10,12). The van der Waals surface area contributed by atoms with Gasteiger partial charge in [-0.2, -0.15) is 0 Å². The van der Waals surface area contributed by atoms with Crippen LogP contribution in [-0.4, -0.2) is 30.9 Å². The number of carbonyl (C=O) groups excluding carboxylic acids is 2. The molecule has 70 valence electrons. The molecule has 0 aliphatic rings. The summed E-state index contributed by atoms with van der Waals surface area (Å²) in [5.41, 5.74) is 5.25. The molecule has 2 amide bonds. The predicted octanol–water partition coefficient (Wildman–Crippen LogP) is -1.41. The van der Waals surface area contributed by atoms with Gasteiger partial charge in [-0.3, -0.25) is 9.59 Å². The van der Waals surface area contributed by atoms with Gasteiger partial charge in [0.1, 0.15) is 0 Å². The van der Waals surface area contributed by atoms with Crippen LogP contribution in [0.1, 0.15) is 13.8 Å². The van der Waals surface area contributed by atoms with Crippen molar-refractivity contribution in [3.63, 3.8) is 0 Å². The van der Waals surface area contributed by atoms with E-state index >= 15 is 0 Å². The molecule has 0 fully saturated rings. The molecule has 0 rings (SSSR count). The Bertz CT molecular complexity index is 168. The first kappa shape index (κ1) is 10.9. The lowest BCUT2D eigenvalue weighted by Crippen LogP contribution is -2.43. The molecule has 0 heterocycles. The highest BCUT2D eigenvalue weighted by atomic mass is 16.2. The summed E-state index contributed by atoms with van der Waals surface area (Å²) in [4.78, 5) is 21.6. The molecule has 0 bridgehead atoms. The van der Waals surface area contributed by atoms with Gasteiger partial charge < -0.3 is 16.4 Å². The van der Waals surface area contributed by atoms with Gasteiger partial charge in [0.05, 0.1) is 12.6 Å². The van der Waals surface area contributed by atoms with E-state index in [0.29, 0.717) is 6.54 Å². The first-order valence-corrected chi connectivity index (χ1v) is 3.88. The van der Waals surface area contributed by atoms with Crippen molar-refractivity contribution in [3.05, 3.63) is 0 Å². The number of nitrogens with two attached hydrogens (primary N) is 1. The third-order valence-electron chi connectivity index (χ3n) is 1.21. The monoisotopic (exact) mass is 173 g/mol. The molecule has 0 aliphatic carbocycles. The maximum Gasteiger partial charge on any atom is 0.239 e. The predicted molar refractivity (Wildman–Crippen MR) is 45.3 cm³/mol. The van der Waals surface area contributed by atoms with Crippen LogP contribution in [0.4, 0.5) is 0 Å². The SMILES string of the molecule is CCNC(=O)CNC(=O)C(C)N. The van der Waals surface area contributed by atoms with Crippen LogP contribution in [0.25, 0.3) is 0 Å². The summed E-state index contributed by atoms with van der Waals surface area (Å²) in [7, 11) is 0. The van der Waals surface area contributed by atoms with Gasteiger partial charge in [0.2, 0.25) is 11.8 Å². The molecule has 0 saturated carbocycles. The summed E-state index contributed by atoms with van der Waals surface area (Å²) in [6.45, 7) is 3.93. The molecular weight excluding hydrogens is 158 g/mol. The number of amides is 2. The fourth-order valence-corrected chi connectivity index (χ4v) is 0.588. The molecule has 5 heteroatoms. The van der Waals surface area contributed by atoms with Crippen LogP contribution in [0.15, 0.2) is 0 Å². The van der Waals surface area contributed by atoms with E-state index in [2.05, 4.69) is 10.6 Å². The average Bonchev–Trinajstić information content (AvgIpc) is 2.00. The number of nitrogens with one attached hydrogen (secondary N) is 2. The molecule has 5 nitrogen and oxygen atoms in total. The van der Waals surface area contributed by atoms with Crippen molar-refractivity contribution in [1.29, 1.82) is 0 Å². The molecule has 4 N–H and O–H groups in total. The molecule has 0 aromatic heterocycles. The van der Waals surface area contributed by atoms with Crippen LogP contribution in [0.2, 0.25) is 0 Å². The summed E-state index contributed by atoms with van der Waals surface area (Å²) in [6, 6.07) is -0.570. The minimum Gasteiger partial charge on any atom is -0.355 e. The second-order valence-electron chi connectivity index (χ2n) is 2.46. The second-order valence-corrected chi connectivity index (χ2v) is 2.46. The van der Waals surface area contributed by atoms with E-state index in [0.717, 1.165) is 0 Å². The van der Waals surface area contributed by atoms with Crippen molar-refractivity contribution in [3.8, 4) is 0 Å². The number of hydrogen-bond acceptors (Lipinski definition) is 3. The van der Waals surface area contributed by atoms with Gasteiger partial charge in [0, 0.05) is 6.54 Å². The smallest absolute Gasteiger partial charge is 0.239 e. The molecule has 12 heavy (non-hydrogen) atoms. The Morgan fingerprint density at radius 2 is 2.00 bits per heavy atom. The molecular formula is C7H15N3O2. The third-order valence-corrected chi connectivity index (χ3v) is 1.21. The number of rotatable bonds is 4. The van der Waals surface area contributed by atoms with Gasteiger partial charge in [-0.05, 0) is 13.8 Å². The van der Waals surface area contributed by atoms with Gasteiger partial charge >= 0.3 is 0 Å². The zero-order valence-electron chi connectivity index (χ0n) is 7.39. The molecule has 0 saturated heterocycles. The Balaban J connectivity index is 3.54. The fraction of sp³-hybridized carbons (Fsp3) is 0.714. The lowest BCUT2D eigenvalue weighted by atomic mass is 10.3. The zero-order valence-corrected chi connectivity index (χ0v) is 7.39. The van der Waals surface area contributed by atoms with Gasteiger partial charge in [-0.25, -0.2) is 0 Å². The number of hydrogen-bond donors (Lipinski definition) is 3. The van der Waals surface area contributed by atoms with Crippen LogP contribution < -0.4 is 16.4 Å². The quantitative estimate of drug-likeness (QED) is 0.488.